The first-order chi connectivity index (χ1) is 13.8. The molecule has 0 bridgehead atoms. The average molecular weight is 409 g/mol. The number of benzene rings is 2. The monoisotopic (exact) mass is 408 g/mol. The van der Waals surface area contributed by atoms with Gasteiger partial charge in [-0.2, -0.15) is 10.4 Å². The minimum Gasteiger partial charge on any atom is -0.321 e. The van der Waals surface area contributed by atoms with Gasteiger partial charge in [0.2, 0.25) is 0 Å². The fraction of sp³-hybridized carbons (Fsp3) is 0.136. The van der Waals surface area contributed by atoms with Gasteiger partial charge in [-0.3, -0.25) is 4.79 Å². The van der Waals surface area contributed by atoms with E-state index in [9.17, 15) is 14.4 Å². The SMILES string of the molecule is Cc1cccc(C)c1NC(=O)C(C#N)=Cc1c(C)nn(-c2ccc(F)cc2)c1Cl. The van der Waals surface area contributed by atoms with Crippen molar-refractivity contribution in [3.63, 3.8) is 0 Å². The Labute approximate surface area is 173 Å². The van der Waals surface area contributed by atoms with Gasteiger partial charge in [-0.15, -0.1) is 0 Å². The summed E-state index contributed by atoms with van der Waals surface area (Å²) in [7, 11) is 0. The van der Waals surface area contributed by atoms with E-state index in [0.717, 1.165) is 11.1 Å². The lowest BCUT2D eigenvalue weighted by atomic mass is 10.1. The first-order valence-electron chi connectivity index (χ1n) is 8.82. The smallest absolute Gasteiger partial charge is 0.266 e. The molecule has 1 aromatic heterocycles. The number of para-hydroxylation sites is 1. The van der Waals surface area contributed by atoms with Crippen LogP contribution in [0.4, 0.5) is 10.1 Å². The van der Waals surface area contributed by atoms with Crippen LogP contribution < -0.4 is 5.32 Å². The number of anilines is 1. The molecule has 0 saturated carbocycles. The van der Waals surface area contributed by atoms with E-state index in [1.165, 1.54) is 22.9 Å². The Balaban J connectivity index is 1.96. The molecule has 0 saturated heterocycles. The van der Waals surface area contributed by atoms with E-state index < -0.39 is 5.91 Å². The lowest BCUT2D eigenvalue weighted by molar-refractivity contribution is -0.112. The molecule has 1 N–H and O–H groups in total. The standard InChI is InChI=1S/C22H18ClFN4O/c1-13-5-4-6-14(2)20(13)26-22(29)16(12-25)11-19-15(3)27-28(21(19)23)18-9-7-17(24)8-10-18/h4-11H,1-3H3,(H,26,29). The predicted molar refractivity (Wildman–Crippen MR) is 111 cm³/mol. The van der Waals surface area contributed by atoms with E-state index in [1.807, 2.05) is 38.1 Å². The summed E-state index contributed by atoms with van der Waals surface area (Å²) in [5, 5.41) is 16.9. The molecule has 5 nitrogen and oxygen atoms in total. The Morgan fingerprint density at radius 3 is 2.38 bits per heavy atom. The van der Waals surface area contributed by atoms with Gasteiger partial charge in [0, 0.05) is 11.3 Å². The molecule has 0 aliphatic carbocycles. The summed E-state index contributed by atoms with van der Waals surface area (Å²) >= 11 is 6.44. The first-order valence-corrected chi connectivity index (χ1v) is 9.20. The maximum absolute atomic E-state index is 13.2. The minimum absolute atomic E-state index is 0.101. The average Bonchev–Trinajstić information content (AvgIpc) is 2.97. The fourth-order valence-corrected chi connectivity index (χ4v) is 3.24. The van der Waals surface area contributed by atoms with Crippen LogP contribution in [0, 0.1) is 37.9 Å². The van der Waals surface area contributed by atoms with Crippen LogP contribution in [-0.2, 0) is 4.79 Å². The number of aryl methyl sites for hydroxylation is 3. The highest BCUT2D eigenvalue weighted by atomic mass is 35.5. The fourth-order valence-electron chi connectivity index (χ4n) is 2.91. The Morgan fingerprint density at radius 1 is 1.17 bits per heavy atom. The molecule has 146 valence electrons. The third kappa shape index (κ3) is 4.20. The van der Waals surface area contributed by atoms with Crippen LogP contribution in [0.2, 0.25) is 5.15 Å². The van der Waals surface area contributed by atoms with Crippen molar-refractivity contribution >= 4 is 29.3 Å². The van der Waals surface area contributed by atoms with Crippen LogP contribution in [0.15, 0.2) is 48.0 Å². The maximum atomic E-state index is 13.2. The van der Waals surface area contributed by atoms with Crippen molar-refractivity contribution < 1.29 is 9.18 Å². The third-order valence-electron chi connectivity index (χ3n) is 4.49. The number of amides is 1. The summed E-state index contributed by atoms with van der Waals surface area (Å²) in [6.45, 7) is 5.48. The van der Waals surface area contributed by atoms with Crippen molar-refractivity contribution in [2.75, 3.05) is 5.32 Å². The number of carbonyl (C=O) groups is 1. The minimum atomic E-state index is -0.533. The quantitative estimate of drug-likeness (QED) is 0.480. The predicted octanol–water partition coefficient (Wildman–Crippen LogP) is 5.14. The Bertz CT molecular complexity index is 1140. The van der Waals surface area contributed by atoms with E-state index in [1.54, 1.807) is 19.1 Å². The van der Waals surface area contributed by atoms with Crippen molar-refractivity contribution in [1.82, 2.24) is 9.78 Å². The van der Waals surface area contributed by atoms with Crippen molar-refractivity contribution in [3.8, 4) is 11.8 Å². The number of hydrogen-bond donors (Lipinski definition) is 1. The van der Waals surface area contributed by atoms with Gasteiger partial charge in [0.15, 0.2) is 0 Å². The Kier molecular flexibility index (Phi) is 5.81. The van der Waals surface area contributed by atoms with Gasteiger partial charge in [-0.05, 0) is 62.2 Å². The van der Waals surface area contributed by atoms with Gasteiger partial charge in [-0.25, -0.2) is 9.07 Å². The lowest BCUT2D eigenvalue weighted by Gasteiger charge is -2.10. The number of nitrogens with one attached hydrogen (secondary N) is 1. The molecule has 2 aromatic carbocycles. The molecule has 0 aliphatic rings. The molecule has 0 aliphatic heterocycles. The second-order valence-electron chi connectivity index (χ2n) is 6.57. The zero-order chi connectivity index (χ0) is 21.1. The van der Waals surface area contributed by atoms with Crippen LogP contribution in [0.25, 0.3) is 11.8 Å². The summed E-state index contributed by atoms with van der Waals surface area (Å²) < 4.78 is 14.6. The van der Waals surface area contributed by atoms with Crippen LogP contribution in [-0.4, -0.2) is 15.7 Å². The zero-order valence-corrected chi connectivity index (χ0v) is 16.9. The molecule has 1 amide bonds. The number of hydrogen-bond acceptors (Lipinski definition) is 3. The summed E-state index contributed by atoms with van der Waals surface area (Å²) in [5.74, 6) is -0.904. The summed E-state index contributed by atoms with van der Waals surface area (Å²) in [6, 6.07) is 13.3. The molecule has 0 radical (unpaired) electrons. The second-order valence-corrected chi connectivity index (χ2v) is 6.93. The van der Waals surface area contributed by atoms with Crippen LogP contribution >= 0.6 is 11.6 Å². The molecular weight excluding hydrogens is 391 g/mol. The van der Waals surface area contributed by atoms with Crippen molar-refractivity contribution in [2.45, 2.75) is 20.8 Å². The number of nitriles is 1. The highest BCUT2D eigenvalue weighted by Gasteiger charge is 2.17. The van der Waals surface area contributed by atoms with E-state index in [-0.39, 0.29) is 16.5 Å². The molecule has 3 aromatic rings. The van der Waals surface area contributed by atoms with Gasteiger partial charge in [0.1, 0.15) is 22.6 Å². The van der Waals surface area contributed by atoms with Crippen molar-refractivity contribution in [2.24, 2.45) is 0 Å². The van der Waals surface area contributed by atoms with E-state index in [4.69, 9.17) is 11.6 Å². The molecule has 1 heterocycles. The number of nitrogens with zero attached hydrogens (tertiary/aromatic N) is 3. The molecule has 0 fully saturated rings. The lowest BCUT2D eigenvalue weighted by Crippen LogP contribution is -2.15. The van der Waals surface area contributed by atoms with Crippen molar-refractivity contribution in [3.05, 3.63) is 81.4 Å². The van der Waals surface area contributed by atoms with Crippen LogP contribution in [0.5, 0.6) is 0 Å². The highest BCUT2D eigenvalue weighted by molar-refractivity contribution is 6.31. The van der Waals surface area contributed by atoms with Gasteiger partial charge in [0.25, 0.3) is 5.91 Å². The van der Waals surface area contributed by atoms with Gasteiger partial charge < -0.3 is 5.32 Å². The van der Waals surface area contributed by atoms with Crippen molar-refractivity contribution in [1.29, 1.82) is 5.26 Å². The largest absolute Gasteiger partial charge is 0.321 e. The Hall–Kier alpha value is -3.43. The molecule has 7 heteroatoms. The number of halogens is 2. The van der Waals surface area contributed by atoms with E-state index >= 15 is 0 Å². The summed E-state index contributed by atoms with van der Waals surface area (Å²) in [6.07, 6.45) is 1.41. The number of aromatic nitrogens is 2. The molecular formula is C22H18ClFN4O. The zero-order valence-electron chi connectivity index (χ0n) is 16.1. The second kappa shape index (κ2) is 8.29. The molecule has 3 rings (SSSR count). The van der Waals surface area contributed by atoms with Gasteiger partial charge in [-0.1, -0.05) is 29.8 Å². The van der Waals surface area contributed by atoms with Gasteiger partial charge >= 0.3 is 0 Å². The van der Waals surface area contributed by atoms with E-state index in [0.29, 0.717) is 22.6 Å². The molecule has 0 unspecified atom stereocenters. The molecule has 0 spiro atoms. The topological polar surface area (TPSA) is 70.7 Å². The van der Waals surface area contributed by atoms with E-state index in [2.05, 4.69) is 10.4 Å². The molecule has 29 heavy (non-hydrogen) atoms. The summed E-state index contributed by atoms with van der Waals surface area (Å²) in [5.41, 5.74) is 3.91. The van der Waals surface area contributed by atoms with Gasteiger partial charge in [0.05, 0.1) is 11.4 Å². The summed E-state index contributed by atoms with van der Waals surface area (Å²) in [4.78, 5) is 12.7. The Morgan fingerprint density at radius 2 is 1.79 bits per heavy atom. The van der Waals surface area contributed by atoms with Crippen LogP contribution in [0.1, 0.15) is 22.4 Å². The highest BCUT2D eigenvalue weighted by Crippen LogP contribution is 2.27. The number of carbonyl (C=O) groups excluding carboxylic acids is 1. The normalized spacial score (nSPS) is 11.2. The maximum Gasteiger partial charge on any atom is 0.266 e. The van der Waals surface area contributed by atoms with Crippen LogP contribution in [0.3, 0.4) is 0 Å². The molecule has 0 atom stereocenters. The first kappa shape index (κ1) is 20.3. The third-order valence-corrected chi connectivity index (χ3v) is 4.86. The number of rotatable bonds is 4.